The molecule has 0 aliphatic carbocycles. The fourth-order valence-electron chi connectivity index (χ4n) is 1.50. The van der Waals surface area contributed by atoms with Crippen LogP contribution in [0.15, 0.2) is 16.5 Å². The van der Waals surface area contributed by atoms with E-state index in [1.807, 2.05) is 19.1 Å². The second-order valence-electron chi connectivity index (χ2n) is 3.43. The minimum Gasteiger partial charge on any atom is -0.480 e. The summed E-state index contributed by atoms with van der Waals surface area (Å²) >= 11 is 1.57. The van der Waals surface area contributed by atoms with Crippen LogP contribution in [0.2, 0.25) is 0 Å². The number of carbonyl (C=O) groups is 1. The summed E-state index contributed by atoms with van der Waals surface area (Å²) in [4.78, 5) is 10.7. The summed E-state index contributed by atoms with van der Waals surface area (Å²) in [5.74, 6) is 1.54. The molecule has 15 heavy (non-hydrogen) atoms. The van der Waals surface area contributed by atoms with Crippen molar-refractivity contribution in [2.24, 2.45) is 0 Å². The molecular formula is C10H13NO3S. The number of carboxylic acid groups (broad SMARTS) is 1. The van der Waals surface area contributed by atoms with Crippen LogP contribution in [0.3, 0.4) is 0 Å². The van der Waals surface area contributed by atoms with E-state index in [1.54, 1.807) is 11.8 Å². The van der Waals surface area contributed by atoms with Gasteiger partial charge in [0, 0.05) is 12.2 Å². The van der Waals surface area contributed by atoms with Crippen molar-refractivity contribution in [3.63, 3.8) is 0 Å². The molecule has 1 saturated heterocycles. The van der Waals surface area contributed by atoms with Crippen molar-refractivity contribution in [3.8, 4) is 0 Å². The molecule has 1 unspecified atom stereocenters. The summed E-state index contributed by atoms with van der Waals surface area (Å²) in [7, 11) is 0. The largest absolute Gasteiger partial charge is 0.480 e. The maximum Gasteiger partial charge on any atom is 0.321 e. The molecule has 0 spiro atoms. The molecule has 5 heteroatoms. The average molecular weight is 227 g/mol. The Morgan fingerprint density at radius 2 is 2.53 bits per heavy atom. The number of aryl methyl sites for hydroxylation is 1. The number of hydrogen-bond donors (Lipinski definition) is 2. The third kappa shape index (κ3) is 2.18. The van der Waals surface area contributed by atoms with Gasteiger partial charge in [0.05, 0.1) is 0 Å². The molecule has 82 valence electrons. The van der Waals surface area contributed by atoms with Gasteiger partial charge in [0.25, 0.3) is 0 Å². The maximum absolute atomic E-state index is 10.7. The van der Waals surface area contributed by atoms with Crippen LogP contribution in [0.1, 0.15) is 23.8 Å². The van der Waals surface area contributed by atoms with Crippen LogP contribution in [0.5, 0.6) is 0 Å². The third-order valence-electron chi connectivity index (χ3n) is 2.37. The highest BCUT2D eigenvalue weighted by molar-refractivity contribution is 7.99. The highest BCUT2D eigenvalue weighted by atomic mass is 32.2. The monoisotopic (exact) mass is 227 g/mol. The van der Waals surface area contributed by atoms with Crippen molar-refractivity contribution in [2.75, 3.05) is 5.75 Å². The van der Waals surface area contributed by atoms with Gasteiger partial charge in [0.1, 0.15) is 22.9 Å². The quantitative estimate of drug-likeness (QED) is 0.821. The van der Waals surface area contributed by atoms with E-state index in [0.29, 0.717) is 5.75 Å². The molecule has 0 bridgehead atoms. The fraction of sp³-hybridized carbons (Fsp3) is 0.500. The van der Waals surface area contributed by atoms with Gasteiger partial charge in [-0.05, 0) is 12.1 Å². The number of nitrogens with one attached hydrogen (secondary N) is 1. The van der Waals surface area contributed by atoms with E-state index in [4.69, 9.17) is 9.52 Å². The normalized spacial score (nSPS) is 25.7. The molecule has 0 radical (unpaired) electrons. The molecule has 1 fully saturated rings. The van der Waals surface area contributed by atoms with Gasteiger partial charge in [-0.2, -0.15) is 0 Å². The van der Waals surface area contributed by atoms with Crippen molar-refractivity contribution < 1.29 is 14.3 Å². The highest BCUT2D eigenvalue weighted by Crippen LogP contribution is 2.33. The van der Waals surface area contributed by atoms with Gasteiger partial charge in [0.2, 0.25) is 0 Å². The van der Waals surface area contributed by atoms with Gasteiger partial charge in [-0.25, -0.2) is 0 Å². The van der Waals surface area contributed by atoms with E-state index in [-0.39, 0.29) is 5.37 Å². The van der Waals surface area contributed by atoms with Crippen LogP contribution in [-0.4, -0.2) is 22.9 Å². The van der Waals surface area contributed by atoms with Gasteiger partial charge in [-0.15, -0.1) is 11.8 Å². The van der Waals surface area contributed by atoms with Crippen LogP contribution in [0.4, 0.5) is 0 Å². The molecule has 1 aromatic rings. The molecule has 0 saturated carbocycles. The zero-order valence-electron chi connectivity index (χ0n) is 8.40. The smallest absolute Gasteiger partial charge is 0.321 e. The van der Waals surface area contributed by atoms with Gasteiger partial charge in [0.15, 0.2) is 0 Å². The molecule has 4 nitrogen and oxygen atoms in total. The Balaban J connectivity index is 2.04. The average Bonchev–Trinajstić information content (AvgIpc) is 2.86. The van der Waals surface area contributed by atoms with E-state index in [9.17, 15) is 4.79 Å². The number of furan rings is 1. The minimum atomic E-state index is -0.799. The van der Waals surface area contributed by atoms with Gasteiger partial charge in [-0.1, -0.05) is 6.92 Å². The molecule has 1 aliphatic heterocycles. The van der Waals surface area contributed by atoms with Gasteiger partial charge < -0.3 is 9.52 Å². The van der Waals surface area contributed by atoms with E-state index < -0.39 is 12.0 Å². The summed E-state index contributed by atoms with van der Waals surface area (Å²) in [5.41, 5.74) is 0. The Hall–Kier alpha value is -0.940. The summed E-state index contributed by atoms with van der Waals surface area (Å²) < 4.78 is 5.57. The van der Waals surface area contributed by atoms with Crippen molar-refractivity contribution in [2.45, 2.75) is 24.8 Å². The standard InChI is InChI=1S/C10H13NO3S/c1-2-6-3-4-8(14-6)9-11-7(5-15-9)10(12)13/h3-4,7,9,11H,2,5H2,1H3,(H,12,13)/t7-,9?/m0/s1. The lowest BCUT2D eigenvalue weighted by molar-refractivity contribution is -0.138. The van der Waals surface area contributed by atoms with Crippen LogP contribution >= 0.6 is 11.8 Å². The molecule has 2 atom stereocenters. The Morgan fingerprint density at radius 3 is 3.07 bits per heavy atom. The lowest BCUT2D eigenvalue weighted by Crippen LogP contribution is -2.33. The third-order valence-corrected chi connectivity index (χ3v) is 3.60. The first-order valence-electron chi connectivity index (χ1n) is 4.89. The second kappa shape index (κ2) is 4.28. The molecular weight excluding hydrogens is 214 g/mol. The number of rotatable bonds is 3. The van der Waals surface area contributed by atoms with E-state index in [1.165, 1.54) is 0 Å². The van der Waals surface area contributed by atoms with E-state index in [2.05, 4.69) is 5.32 Å². The predicted molar refractivity (Wildman–Crippen MR) is 57.8 cm³/mol. The maximum atomic E-state index is 10.7. The number of carboxylic acids is 1. The topological polar surface area (TPSA) is 62.5 Å². The summed E-state index contributed by atoms with van der Waals surface area (Å²) in [6, 6.07) is 3.38. The first-order chi connectivity index (χ1) is 7.20. The van der Waals surface area contributed by atoms with Crippen LogP contribution in [0.25, 0.3) is 0 Å². The Morgan fingerprint density at radius 1 is 1.73 bits per heavy atom. The second-order valence-corrected chi connectivity index (χ2v) is 4.57. The van der Waals surface area contributed by atoms with Gasteiger partial charge in [-0.3, -0.25) is 10.1 Å². The molecule has 1 aliphatic rings. The minimum absolute atomic E-state index is 0.0219. The first-order valence-corrected chi connectivity index (χ1v) is 5.94. The Bertz CT molecular complexity index is 363. The first kappa shape index (κ1) is 10.6. The van der Waals surface area contributed by atoms with Crippen molar-refractivity contribution in [1.29, 1.82) is 0 Å². The molecule has 1 aromatic heterocycles. The Kier molecular flexibility index (Phi) is 3.02. The van der Waals surface area contributed by atoms with Crippen LogP contribution < -0.4 is 5.32 Å². The summed E-state index contributed by atoms with van der Waals surface area (Å²) in [6.45, 7) is 2.03. The fourth-order valence-corrected chi connectivity index (χ4v) is 2.68. The zero-order valence-corrected chi connectivity index (χ0v) is 9.21. The Labute approximate surface area is 92.0 Å². The molecule has 2 rings (SSSR count). The van der Waals surface area contributed by atoms with Crippen molar-refractivity contribution >= 4 is 17.7 Å². The summed E-state index contributed by atoms with van der Waals surface area (Å²) in [6.07, 6.45) is 0.861. The number of aliphatic carboxylic acids is 1. The predicted octanol–water partition coefficient (Wildman–Crippen LogP) is 1.63. The van der Waals surface area contributed by atoms with Crippen LogP contribution in [0, 0.1) is 0 Å². The van der Waals surface area contributed by atoms with Crippen molar-refractivity contribution in [3.05, 3.63) is 23.7 Å². The van der Waals surface area contributed by atoms with Crippen LogP contribution in [-0.2, 0) is 11.2 Å². The van der Waals surface area contributed by atoms with E-state index >= 15 is 0 Å². The lowest BCUT2D eigenvalue weighted by atomic mass is 10.3. The number of hydrogen-bond acceptors (Lipinski definition) is 4. The highest BCUT2D eigenvalue weighted by Gasteiger charge is 2.31. The molecule has 0 aromatic carbocycles. The molecule has 2 heterocycles. The molecule has 2 N–H and O–H groups in total. The molecule has 0 amide bonds. The number of thioether (sulfide) groups is 1. The van der Waals surface area contributed by atoms with Gasteiger partial charge >= 0.3 is 5.97 Å². The lowest BCUT2D eigenvalue weighted by Gasteiger charge is -2.07. The van der Waals surface area contributed by atoms with Crippen molar-refractivity contribution in [1.82, 2.24) is 5.32 Å². The summed E-state index contributed by atoms with van der Waals surface area (Å²) in [5, 5.41) is 11.8. The SMILES string of the molecule is CCc1ccc(C2N[C@H](C(=O)O)CS2)o1. The zero-order chi connectivity index (χ0) is 10.8. The van der Waals surface area contributed by atoms with E-state index in [0.717, 1.165) is 17.9 Å².